The third-order valence-corrected chi connectivity index (χ3v) is 12.6. The normalized spacial score (nSPS) is 17.6. The van der Waals surface area contributed by atoms with Gasteiger partial charge in [0, 0.05) is 43.7 Å². The van der Waals surface area contributed by atoms with Crippen molar-refractivity contribution in [1.29, 1.82) is 0 Å². The molecule has 0 saturated carbocycles. The zero-order valence-electron chi connectivity index (χ0n) is 31.8. The summed E-state index contributed by atoms with van der Waals surface area (Å²) in [5.41, 5.74) is 7.26. The van der Waals surface area contributed by atoms with Gasteiger partial charge in [0.25, 0.3) is 0 Å². The summed E-state index contributed by atoms with van der Waals surface area (Å²) in [7, 11) is -1.99. The summed E-state index contributed by atoms with van der Waals surface area (Å²) < 4.78 is 44.6. The van der Waals surface area contributed by atoms with Crippen molar-refractivity contribution in [3.8, 4) is 11.1 Å². The number of hydrogen-bond donors (Lipinski definition) is 3. The van der Waals surface area contributed by atoms with Gasteiger partial charge in [0.05, 0.1) is 23.7 Å². The highest BCUT2D eigenvalue weighted by atomic mass is 32.2. The fourth-order valence-electron chi connectivity index (χ4n) is 6.73. The van der Waals surface area contributed by atoms with Crippen LogP contribution in [0.1, 0.15) is 52.2 Å². The van der Waals surface area contributed by atoms with Crippen LogP contribution in [0.4, 0.5) is 0 Å². The Morgan fingerprint density at radius 2 is 1.58 bits per heavy atom. The Balaban J connectivity index is 1.06. The number of aryl methyl sites for hydroxylation is 2. The number of carbonyl (C=O) groups excluding carboxylic acids is 1. The number of carbonyl (C=O) groups is 1. The molecule has 4 atom stereocenters. The molecule has 10 nitrogen and oxygen atoms in total. The van der Waals surface area contributed by atoms with Crippen molar-refractivity contribution in [3.63, 3.8) is 0 Å². The van der Waals surface area contributed by atoms with Crippen LogP contribution in [0, 0.1) is 6.92 Å². The number of rotatable bonds is 15. The predicted molar refractivity (Wildman–Crippen MR) is 222 cm³/mol. The van der Waals surface area contributed by atoms with Crippen LogP contribution >= 0.6 is 11.8 Å². The number of benzene rings is 5. The molecule has 1 amide bonds. The number of sulfonamides is 1. The third kappa shape index (κ3) is 10.5. The van der Waals surface area contributed by atoms with Gasteiger partial charge in [-0.25, -0.2) is 13.4 Å². The summed E-state index contributed by atoms with van der Waals surface area (Å²) >= 11 is 1.65. The minimum Gasteiger partial charge on any atom is -0.392 e. The SMILES string of the molecule is Cc1ccc(S(=O)(=O)NC(Cc2ccccc2)C(=O)NCc2cccc(-c3cccc(C4OC(CSc5nccn5C)CC(c5ccc(CO)cc5)O4)c3)c2)cc1. The number of ether oxygens (including phenoxy) is 2. The Hall–Kier alpha value is -5.08. The van der Waals surface area contributed by atoms with E-state index in [0.29, 0.717) is 12.2 Å². The van der Waals surface area contributed by atoms with E-state index in [-0.39, 0.29) is 36.7 Å². The second kappa shape index (κ2) is 18.5. The number of aromatic nitrogens is 2. The lowest BCUT2D eigenvalue weighted by molar-refractivity contribution is -0.245. The van der Waals surface area contributed by atoms with E-state index in [1.807, 2.05) is 122 Å². The van der Waals surface area contributed by atoms with Gasteiger partial charge >= 0.3 is 0 Å². The largest absolute Gasteiger partial charge is 0.392 e. The molecule has 6 aromatic rings. The van der Waals surface area contributed by atoms with Crippen molar-refractivity contribution in [1.82, 2.24) is 19.6 Å². The van der Waals surface area contributed by atoms with E-state index in [4.69, 9.17) is 9.47 Å². The molecule has 1 fully saturated rings. The van der Waals surface area contributed by atoms with E-state index in [2.05, 4.69) is 21.1 Å². The quantitative estimate of drug-likeness (QED) is 0.0915. The number of imidazole rings is 1. The number of hydrogen-bond acceptors (Lipinski definition) is 8. The Bertz CT molecular complexity index is 2370. The van der Waals surface area contributed by atoms with Crippen molar-refractivity contribution < 1.29 is 27.8 Å². The first kappa shape index (κ1) is 40.1. The van der Waals surface area contributed by atoms with Gasteiger partial charge in [-0.05, 0) is 71.0 Å². The lowest BCUT2D eigenvalue weighted by Gasteiger charge is -2.36. The Morgan fingerprint density at radius 1 is 0.860 bits per heavy atom. The minimum atomic E-state index is -3.97. The van der Waals surface area contributed by atoms with Gasteiger partial charge < -0.3 is 24.5 Å². The summed E-state index contributed by atoms with van der Waals surface area (Å²) in [6, 6.07) is 38.7. The number of nitrogens with zero attached hydrogens (tertiary/aromatic N) is 2. The van der Waals surface area contributed by atoms with Gasteiger partial charge in [0.1, 0.15) is 6.04 Å². The molecule has 57 heavy (non-hydrogen) atoms. The van der Waals surface area contributed by atoms with Crippen LogP contribution in [0.2, 0.25) is 0 Å². The number of aliphatic hydroxyl groups is 1. The van der Waals surface area contributed by atoms with Gasteiger partial charge in [0.15, 0.2) is 11.4 Å². The van der Waals surface area contributed by atoms with Gasteiger partial charge in [-0.2, -0.15) is 4.72 Å². The molecule has 1 aliphatic rings. The molecule has 5 aromatic carbocycles. The van der Waals surface area contributed by atoms with Gasteiger partial charge in [-0.1, -0.05) is 120 Å². The second-order valence-electron chi connectivity index (χ2n) is 14.2. The van der Waals surface area contributed by atoms with E-state index >= 15 is 0 Å². The highest BCUT2D eigenvalue weighted by Gasteiger charge is 2.33. The molecule has 3 N–H and O–H groups in total. The Morgan fingerprint density at radius 3 is 2.30 bits per heavy atom. The second-order valence-corrected chi connectivity index (χ2v) is 16.9. The summed E-state index contributed by atoms with van der Waals surface area (Å²) in [5, 5.41) is 13.5. The molecule has 1 aromatic heterocycles. The maximum Gasteiger partial charge on any atom is 0.241 e. The van der Waals surface area contributed by atoms with Crippen LogP contribution in [0.15, 0.2) is 150 Å². The molecule has 0 aliphatic carbocycles. The van der Waals surface area contributed by atoms with Crippen LogP contribution in [0.5, 0.6) is 0 Å². The van der Waals surface area contributed by atoms with E-state index in [9.17, 15) is 18.3 Å². The average molecular weight is 803 g/mol. The first-order valence-corrected chi connectivity index (χ1v) is 21.3. The summed E-state index contributed by atoms with van der Waals surface area (Å²) in [6.45, 7) is 2.06. The van der Waals surface area contributed by atoms with Crippen molar-refractivity contribution in [3.05, 3.63) is 173 Å². The zero-order chi connectivity index (χ0) is 39.8. The first-order valence-electron chi connectivity index (χ1n) is 18.8. The molecule has 0 spiro atoms. The third-order valence-electron chi connectivity index (χ3n) is 9.90. The number of thioether (sulfide) groups is 1. The number of nitrogens with one attached hydrogen (secondary N) is 2. The summed E-state index contributed by atoms with van der Waals surface area (Å²) in [5.74, 6) is 0.271. The molecular weight excluding hydrogens is 757 g/mol. The van der Waals surface area contributed by atoms with Gasteiger partial charge in [-0.3, -0.25) is 4.79 Å². The summed E-state index contributed by atoms with van der Waals surface area (Å²) in [4.78, 5) is 18.3. The molecule has 7 rings (SSSR count). The smallest absolute Gasteiger partial charge is 0.241 e. The number of aliphatic hydroxyl groups excluding tert-OH is 1. The van der Waals surface area contributed by atoms with Crippen LogP contribution in [-0.4, -0.2) is 46.9 Å². The molecule has 0 bridgehead atoms. The Labute approximate surface area is 338 Å². The maximum absolute atomic E-state index is 13.7. The van der Waals surface area contributed by atoms with Crippen molar-refractivity contribution in [2.45, 2.75) is 67.5 Å². The van der Waals surface area contributed by atoms with Gasteiger partial charge in [0.2, 0.25) is 15.9 Å². The van der Waals surface area contributed by atoms with Crippen LogP contribution in [0.25, 0.3) is 11.1 Å². The van der Waals surface area contributed by atoms with Crippen molar-refractivity contribution in [2.24, 2.45) is 7.05 Å². The van der Waals surface area contributed by atoms with Crippen LogP contribution < -0.4 is 10.0 Å². The van der Waals surface area contributed by atoms with Gasteiger partial charge in [-0.15, -0.1) is 0 Å². The molecule has 0 radical (unpaired) electrons. The maximum atomic E-state index is 13.7. The molecular formula is C45H46N4O6S2. The standard InChI is InChI=1S/C45H46N4O6S2/c1-31-14-20-40(21-15-31)57(52,53)48-41(25-32-8-4-3-5-9-32)43(51)47-28-34-10-6-11-36(24-34)37-12-7-13-38(26-37)44-54-39(30-56-45-46-22-23-49(45)2)27-42(55-44)35-18-16-33(29-50)17-19-35/h3-24,26,39,41-42,44,48,50H,25,27-30H2,1-2H3,(H,47,51). The van der Waals surface area contributed by atoms with E-state index in [1.165, 1.54) is 0 Å². The topological polar surface area (TPSA) is 132 Å². The molecule has 1 aliphatic heterocycles. The Kier molecular flexibility index (Phi) is 13.0. The monoisotopic (exact) mass is 802 g/mol. The van der Waals surface area contributed by atoms with Crippen LogP contribution in [-0.2, 0) is 50.9 Å². The lowest BCUT2D eigenvalue weighted by Crippen LogP contribution is -2.47. The fourth-order valence-corrected chi connectivity index (χ4v) is 8.87. The molecule has 1 saturated heterocycles. The molecule has 2 heterocycles. The summed E-state index contributed by atoms with van der Waals surface area (Å²) in [6.07, 6.45) is 3.61. The van der Waals surface area contributed by atoms with Crippen molar-refractivity contribution in [2.75, 3.05) is 5.75 Å². The van der Waals surface area contributed by atoms with E-state index in [1.54, 1.807) is 42.2 Å². The highest BCUT2D eigenvalue weighted by Crippen LogP contribution is 2.40. The molecule has 4 unspecified atom stereocenters. The lowest BCUT2D eigenvalue weighted by atomic mass is 9.99. The first-order chi connectivity index (χ1) is 27.6. The average Bonchev–Trinajstić information content (AvgIpc) is 3.66. The molecule has 294 valence electrons. The highest BCUT2D eigenvalue weighted by molar-refractivity contribution is 7.99. The van der Waals surface area contributed by atoms with Crippen LogP contribution in [0.3, 0.4) is 0 Å². The van der Waals surface area contributed by atoms with E-state index < -0.39 is 28.3 Å². The van der Waals surface area contributed by atoms with E-state index in [0.717, 1.165) is 49.7 Å². The molecule has 12 heteroatoms. The fraction of sp³-hybridized carbons (Fsp3) is 0.244. The predicted octanol–water partition coefficient (Wildman–Crippen LogP) is 7.43. The minimum absolute atomic E-state index is 0.0221. The number of amides is 1. The van der Waals surface area contributed by atoms with Crippen molar-refractivity contribution >= 4 is 27.7 Å². The zero-order valence-corrected chi connectivity index (χ0v) is 33.5.